The zero-order valence-corrected chi connectivity index (χ0v) is 11.1. The molecule has 0 spiro atoms. The summed E-state index contributed by atoms with van der Waals surface area (Å²) in [5, 5.41) is 2.96. The number of carbonyl (C=O) groups is 1. The molecule has 1 saturated heterocycles. The molecule has 1 fully saturated rings. The quantitative estimate of drug-likeness (QED) is 0.787. The lowest BCUT2D eigenvalue weighted by Crippen LogP contribution is -2.47. The number of ether oxygens (including phenoxy) is 1. The van der Waals surface area contributed by atoms with Crippen LogP contribution in [0.25, 0.3) is 0 Å². The fourth-order valence-electron chi connectivity index (χ4n) is 1.99. The summed E-state index contributed by atoms with van der Waals surface area (Å²) in [6.07, 6.45) is 0. The van der Waals surface area contributed by atoms with Gasteiger partial charge in [-0.1, -0.05) is 0 Å². The Bertz CT molecular complexity index is 508. The fraction of sp³-hybridized carbons (Fsp3) is 0.583. The van der Waals surface area contributed by atoms with Crippen molar-refractivity contribution in [3.05, 3.63) is 22.2 Å². The van der Waals surface area contributed by atoms with E-state index in [1.807, 2.05) is 0 Å². The first-order valence-corrected chi connectivity index (χ1v) is 6.27. The number of aryl methyl sites for hydroxylation is 1. The molecule has 2 heterocycles. The Morgan fingerprint density at radius 2 is 2.21 bits per heavy atom. The maximum atomic E-state index is 12.2. The lowest BCUT2D eigenvalue weighted by atomic mass is 10.2. The number of hydrogen-bond acceptors (Lipinski definition) is 5. The number of H-pyrrole nitrogens is 1. The van der Waals surface area contributed by atoms with E-state index in [0.29, 0.717) is 37.9 Å². The van der Waals surface area contributed by atoms with Crippen LogP contribution in [0.2, 0.25) is 0 Å². The lowest BCUT2D eigenvalue weighted by molar-refractivity contribution is -0.135. The number of hydrogen-bond donors (Lipinski definition) is 2. The van der Waals surface area contributed by atoms with E-state index in [2.05, 4.69) is 15.3 Å². The Morgan fingerprint density at radius 1 is 1.53 bits per heavy atom. The molecule has 2 N–H and O–H groups in total. The van der Waals surface area contributed by atoms with Crippen LogP contribution < -0.4 is 10.9 Å². The van der Waals surface area contributed by atoms with Crippen molar-refractivity contribution in [1.82, 2.24) is 14.9 Å². The van der Waals surface area contributed by atoms with Gasteiger partial charge in [0.2, 0.25) is 5.91 Å². The van der Waals surface area contributed by atoms with Gasteiger partial charge in [0.25, 0.3) is 5.56 Å². The van der Waals surface area contributed by atoms with Crippen molar-refractivity contribution < 1.29 is 9.53 Å². The standard InChI is InChI=1S/C12H18N4O3/c1-8(12(18)16-3-5-19-6-4-16)13-10-7-11(17)15-9(2)14-10/h7-8H,3-6H2,1-2H3,(H2,13,14,15,17). The summed E-state index contributed by atoms with van der Waals surface area (Å²) in [7, 11) is 0. The highest BCUT2D eigenvalue weighted by molar-refractivity contribution is 5.84. The Kier molecular flexibility index (Phi) is 4.16. The largest absolute Gasteiger partial charge is 0.378 e. The molecule has 104 valence electrons. The molecule has 2 rings (SSSR count). The van der Waals surface area contributed by atoms with Crippen molar-refractivity contribution in [2.45, 2.75) is 19.9 Å². The smallest absolute Gasteiger partial charge is 0.252 e. The van der Waals surface area contributed by atoms with Crippen LogP contribution in [-0.4, -0.2) is 53.1 Å². The van der Waals surface area contributed by atoms with E-state index in [9.17, 15) is 9.59 Å². The van der Waals surface area contributed by atoms with E-state index >= 15 is 0 Å². The van der Waals surface area contributed by atoms with Crippen LogP contribution >= 0.6 is 0 Å². The number of morpholine rings is 1. The lowest BCUT2D eigenvalue weighted by Gasteiger charge is -2.29. The van der Waals surface area contributed by atoms with Gasteiger partial charge in [-0.05, 0) is 13.8 Å². The molecule has 19 heavy (non-hydrogen) atoms. The summed E-state index contributed by atoms with van der Waals surface area (Å²) < 4.78 is 5.21. The van der Waals surface area contributed by atoms with E-state index in [-0.39, 0.29) is 11.5 Å². The first-order chi connectivity index (χ1) is 9.06. The number of anilines is 1. The van der Waals surface area contributed by atoms with Crippen LogP contribution in [0.4, 0.5) is 5.82 Å². The summed E-state index contributed by atoms with van der Waals surface area (Å²) >= 11 is 0. The highest BCUT2D eigenvalue weighted by Gasteiger charge is 2.22. The molecule has 0 saturated carbocycles. The number of aromatic nitrogens is 2. The van der Waals surface area contributed by atoms with Crippen molar-refractivity contribution >= 4 is 11.7 Å². The molecule has 0 aromatic carbocycles. The molecule has 1 aromatic rings. The minimum absolute atomic E-state index is 0.0111. The third-order valence-electron chi connectivity index (χ3n) is 2.92. The summed E-state index contributed by atoms with van der Waals surface area (Å²) in [5.74, 6) is 0.916. The first kappa shape index (κ1) is 13.5. The molecule has 1 aliphatic rings. The Hall–Kier alpha value is -1.89. The van der Waals surface area contributed by atoms with E-state index in [1.54, 1.807) is 18.7 Å². The van der Waals surface area contributed by atoms with Gasteiger partial charge in [0.1, 0.15) is 17.7 Å². The topological polar surface area (TPSA) is 87.3 Å². The second kappa shape index (κ2) is 5.83. The Morgan fingerprint density at radius 3 is 2.84 bits per heavy atom. The summed E-state index contributed by atoms with van der Waals surface area (Å²) in [6, 6.07) is 0.919. The van der Waals surface area contributed by atoms with Gasteiger partial charge in [-0.25, -0.2) is 4.98 Å². The van der Waals surface area contributed by atoms with Gasteiger partial charge in [0.05, 0.1) is 13.2 Å². The Labute approximate surface area is 111 Å². The second-order valence-electron chi connectivity index (χ2n) is 4.52. The van der Waals surface area contributed by atoms with E-state index in [1.165, 1.54) is 6.07 Å². The minimum atomic E-state index is -0.424. The van der Waals surface area contributed by atoms with Crippen LogP contribution in [0.15, 0.2) is 10.9 Å². The molecule has 1 unspecified atom stereocenters. The SMILES string of the molecule is Cc1nc(NC(C)C(=O)N2CCOCC2)cc(=O)[nH]1. The van der Waals surface area contributed by atoms with Crippen LogP contribution in [0.1, 0.15) is 12.7 Å². The van der Waals surface area contributed by atoms with Crippen LogP contribution in [-0.2, 0) is 9.53 Å². The number of nitrogens with one attached hydrogen (secondary N) is 2. The molecule has 0 aliphatic carbocycles. The van der Waals surface area contributed by atoms with E-state index in [0.717, 1.165) is 0 Å². The van der Waals surface area contributed by atoms with Gasteiger partial charge in [0.15, 0.2) is 0 Å². The first-order valence-electron chi connectivity index (χ1n) is 6.27. The number of amides is 1. The molecule has 1 aromatic heterocycles. The van der Waals surface area contributed by atoms with Crippen molar-refractivity contribution in [3.63, 3.8) is 0 Å². The van der Waals surface area contributed by atoms with E-state index < -0.39 is 6.04 Å². The monoisotopic (exact) mass is 266 g/mol. The summed E-state index contributed by atoms with van der Waals surface area (Å²) in [6.45, 7) is 5.80. The molecular formula is C12H18N4O3. The van der Waals surface area contributed by atoms with Gasteiger partial charge in [-0.2, -0.15) is 0 Å². The minimum Gasteiger partial charge on any atom is -0.378 e. The van der Waals surface area contributed by atoms with E-state index in [4.69, 9.17) is 4.74 Å². The van der Waals surface area contributed by atoms with Gasteiger partial charge in [0, 0.05) is 19.2 Å². The molecular weight excluding hydrogens is 248 g/mol. The normalized spacial score (nSPS) is 17.1. The predicted molar refractivity (Wildman–Crippen MR) is 70.1 cm³/mol. The molecule has 7 heteroatoms. The number of carbonyl (C=O) groups excluding carboxylic acids is 1. The van der Waals surface area contributed by atoms with Crippen LogP contribution in [0.5, 0.6) is 0 Å². The second-order valence-corrected chi connectivity index (χ2v) is 4.52. The predicted octanol–water partition coefficient (Wildman–Crippen LogP) is -0.262. The van der Waals surface area contributed by atoms with Crippen molar-refractivity contribution in [2.75, 3.05) is 31.6 Å². The summed E-state index contributed by atoms with van der Waals surface area (Å²) in [5.41, 5.74) is -0.235. The number of nitrogens with zero attached hydrogens (tertiary/aromatic N) is 2. The highest BCUT2D eigenvalue weighted by atomic mass is 16.5. The van der Waals surface area contributed by atoms with Gasteiger partial charge >= 0.3 is 0 Å². The Balaban J connectivity index is 2.01. The molecule has 1 amide bonds. The average molecular weight is 266 g/mol. The fourth-order valence-corrected chi connectivity index (χ4v) is 1.99. The van der Waals surface area contributed by atoms with Crippen molar-refractivity contribution in [3.8, 4) is 0 Å². The van der Waals surface area contributed by atoms with Crippen LogP contribution in [0.3, 0.4) is 0 Å². The number of rotatable bonds is 3. The summed E-state index contributed by atoms with van der Waals surface area (Å²) in [4.78, 5) is 31.9. The molecule has 0 bridgehead atoms. The van der Waals surface area contributed by atoms with Gasteiger partial charge < -0.3 is 19.9 Å². The molecule has 7 nitrogen and oxygen atoms in total. The van der Waals surface area contributed by atoms with Gasteiger partial charge in [-0.3, -0.25) is 9.59 Å². The third kappa shape index (κ3) is 3.54. The zero-order chi connectivity index (χ0) is 13.8. The van der Waals surface area contributed by atoms with Crippen molar-refractivity contribution in [1.29, 1.82) is 0 Å². The molecule has 1 aliphatic heterocycles. The maximum absolute atomic E-state index is 12.2. The highest BCUT2D eigenvalue weighted by Crippen LogP contribution is 2.06. The third-order valence-corrected chi connectivity index (χ3v) is 2.92. The van der Waals surface area contributed by atoms with Crippen molar-refractivity contribution in [2.24, 2.45) is 0 Å². The number of aromatic amines is 1. The zero-order valence-electron chi connectivity index (χ0n) is 11.1. The van der Waals surface area contributed by atoms with Gasteiger partial charge in [-0.15, -0.1) is 0 Å². The molecule has 0 radical (unpaired) electrons. The molecule has 1 atom stereocenters. The van der Waals surface area contributed by atoms with Crippen LogP contribution in [0, 0.1) is 6.92 Å². The average Bonchev–Trinajstić information content (AvgIpc) is 2.37. The maximum Gasteiger partial charge on any atom is 0.252 e.